The summed E-state index contributed by atoms with van der Waals surface area (Å²) in [7, 11) is 2.09. The van der Waals surface area contributed by atoms with Gasteiger partial charge in [-0.25, -0.2) is 4.98 Å². The fourth-order valence-corrected chi connectivity index (χ4v) is 1.89. The Morgan fingerprint density at radius 2 is 1.93 bits per heavy atom. The fourth-order valence-electron chi connectivity index (χ4n) is 1.89. The van der Waals surface area contributed by atoms with Crippen molar-refractivity contribution in [2.75, 3.05) is 20.1 Å². The Labute approximate surface area is 83.0 Å². The standard InChI is InChI=1S/C10H14FN3/c1-14-6-2-8(3-7-14)9-10(11)13-5-4-12-9/h4-5,8H,2-3,6-7H2,1H3. The SMILES string of the molecule is CN1CCC(c2nccnc2F)CC1. The molecule has 0 amide bonds. The molecular formula is C10H14FN3. The molecule has 1 aromatic rings. The Kier molecular flexibility index (Phi) is 2.72. The molecule has 0 saturated carbocycles. The maximum atomic E-state index is 13.3. The van der Waals surface area contributed by atoms with Gasteiger partial charge in [-0.15, -0.1) is 0 Å². The second kappa shape index (κ2) is 4.00. The summed E-state index contributed by atoms with van der Waals surface area (Å²) in [5, 5.41) is 0. The van der Waals surface area contributed by atoms with Crippen LogP contribution in [0, 0.1) is 5.95 Å². The molecule has 0 spiro atoms. The number of likely N-dealkylation sites (tertiary alicyclic amines) is 1. The minimum absolute atomic E-state index is 0.250. The monoisotopic (exact) mass is 195 g/mol. The van der Waals surface area contributed by atoms with Crippen LogP contribution in [0.15, 0.2) is 12.4 Å². The van der Waals surface area contributed by atoms with Gasteiger partial charge in [-0.3, -0.25) is 4.98 Å². The molecule has 0 bridgehead atoms. The van der Waals surface area contributed by atoms with Crippen LogP contribution in [0.2, 0.25) is 0 Å². The first-order chi connectivity index (χ1) is 6.77. The first kappa shape index (κ1) is 9.52. The lowest BCUT2D eigenvalue weighted by Gasteiger charge is -2.28. The first-order valence-corrected chi connectivity index (χ1v) is 4.92. The molecule has 0 atom stereocenters. The maximum Gasteiger partial charge on any atom is 0.234 e. The molecule has 1 aliphatic rings. The van der Waals surface area contributed by atoms with Gasteiger partial charge in [0.05, 0.1) is 5.69 Å². The van der Waals surface area contributed by atoms with Gasteiger partial charge < -0.3 is 4.90 Å². The smallest absolute Gasteiger partial charge is 0.234 e. The molecular weight excluding hydrogens is 181 g/mol. The lowest BCUT2D eigenvalue weighted by atomic mass is 9.94. The van der Waals surface area contributed by atoms with Gasteiger partial charge in [0, 0.05) is 18.3 Å². The van der Waals surface area contributed by atoms with E-state index in [2.05, 4.69) is 21.9 Å². The second-order valence-electron chi connectivity index (χ2n) is 3.81. The lowest BCUT2D eigenvalue weighted by Crippen LogP contribution is -2.30. The van der Waals surface area contributed by atoms with E-state index in [0.717, 1.165) is 25.9 Å². The van der Waals surface area contributed by atoms with E-state index in [0.29, 0.717) is 5.69 Å². The summed E-state index contributed by atoms with van der Waals surface area (Å²) in [6.45, 7) is 2.03. The molecule has 2 rings (SSSR count). The molecule has 0 aromatic carbocycles. The average Bonchev–Trinajstić information content (AvgIpc) is 2.20. The Hall–Kier alpha value is -1.03. The van der Waals surface area contributed by atoms with Gasteiger partial charge in [-0.1, -0.05) is 0 Å². The summed E-state index contributed by atoms with van der Waals surface area (Å²) < 4.78 is 13.3. The van der Waals surface area contributed by atoms with E-state index >= 15 is 0 Å². The fraction of sp³-hybridized carbons (Fsp3) is 0.600. The summed E-state index contributed by atoms with van der Waals surface area (Å²) in [5.74, 6) is -0.151. The van der Waals surface area contributed by atoms with E-state index < -0.39 is 5.95 Å². The molecule has 1 saturated heterocycles. The van der Waals surface area contributed by atoms with Crippen molar-refractivity contribution in [2.24, 2.45) is 0 Å². The predicted octanol–water partition coefficient (Wildman–Crippen LogP) is 1.42. The van der Waals surface area contributed by atoms with Crippen LogP contribution in [0.3, 0.4) is 0 Å². The van der Waals surface area contributed by atoms with Gasteiger partial charge in [0.2, 0.25) is 5.95 Å². The Bertz CT molecular complexity index is 308. The largest absolute Gasteiger partial charge is 0.306 e. The summed E-state index contributed by atoms with van der Waals surface area (Å²) in [6, 6.07) is 0. The number of hydrogen-bond acceptors (Lipinski definition) is 3. The van der Waals surface area contributed by atoms with Crippen LogP contribution in [-0.2, 0) is 0 Å². The van der Waals surface area contributed by atoms with Crippen LogP contribution in [0.1, 0.15) is 24.5 Å². The van der Waals surface area contributed by atoms with Crippen LogP contribution in [0.4, 0.5) is 4.39 Å². The molecule has 1 aliphatic heterocycles. The molecule has 4 heteroatoms. The van der Waals surface area contributed by atoms with Gasteiger partial charge >= 0.3 is 0 Å². The molecule has 1 fully saturated rings. The van der Waals surface area contributed by atoms with E-state index in [4.69, 9.17) is 0 Å². The number of hydrogen-bond donors (Lipinski definition) is 0. The Morgan fingerprint density at radius 1 is 1.29 bits per heavy atom. The topological polar surface area (TPSA) is 29.0 Å². The van der Waals surface area contributed by atoms with Gasteiger partial charge in [0.1, 0.15) is 0 Å². The van der Waals surface area contributed by atoms with Gasteiger partial charge in [0.25, 0.3) is 0 Å². The molecule has 0 aliphatic carbocycles. The van der Waals surface area contributed by atoms with Gasteiger partial charge in [-0.05, 0) is 33.0 Å². The molecule has 2 heterocycles. The van der Waals surface area contributed by atoms with Crippen molar-refractivity contribution in [3.63, 3.8) is 0 Å². The Balaban J connectivity index is 2.12. The third kappa shape index (κ3) is 1.90. The van der Waals surface area contributed by atoms with Crippen molar-refractivity contribution in [1.29, 1.82) is 0 Å². The van der Waals surface area contributed by atoms with E-state index in [1.807, 2.05) is 0 Å². The van der Waals surface area contributed by atoms with Crippen molar-refractivity contribution < 1.29 is 4.39 Å². The molecule has 76 valence electrons. The number of piperidine rings is 1. The molecule has 3 nitrogen and oxygen atoms in total. The van der Waals surface area contributed by atoms with E-state index in [-0.39, 0.29) is 5.92 Å². The first-order valence-electron chi connectivity index (χ1n) is 4.92. The Morgan fingerprint density at radius 3 is 2.57 bits per heavy atom. The van der Waals surface area contributed by atoms with E-state index in [9.17, 15) is 4.39 Å². The summed E-state index contributed by atoms with van der Waals surface area (Å²) >= 11 is 0. The lowest BCUT2D eigenvalue weighted by molar-refractivity contribution is 0.250. The second-order valence-corrected chi connectivity index (χ2v) is 3.81. The predicted molar refractivity (Wildman–Crippen MR) is 51.5 cm³/mol. The molecule has 0 radical (unpaired) electrons. The van der Waals surface area contributed by atoms with Crippen molar-refractivity contribution in [2.45, 2.75) is 18.8 Å². The van der Waals surface area contributed by atoms with E-state index in [1.54, 1.807) is 6.20 Å². The molecule has 1 aromatic heterocycles. The van der Waals surface area contributed by atoms with E-state index in [1.165, 1.54) is 6.20 Å². The van der Waals surface area contributed by atoms with Crippen LogP contribution >= 0.6 is 0 Å². The highest BCUT2D eigenvalue weighted by Crippen LogP contribution is 2.26. The number of halogens is 1. The van der Waals surface area contributed by atoms with Crippen molar-refractivity contribution >= 4 is 0 Å². The highest BCUT2D eigenvalue weighted by molar-refractivity contribution is 5.07. The quantitative estimate of drug-likeness (QED) is 0.678. The molecule has 14 heavy (non-hydrogen) atoms. The van der Waals surface area contributed by atoms with Crippen LogP contribution < -0.4 is 0 Å². The minimum Gasteiger partial charge on any atom is -0.306 e. The number of rotatable bonds is 1. The zero-order valence-electron chi connectivity index (χ0n) is 8.28. The highest BCUT2D eigenvalue weighted by Gasteiger charge is 2.22. The van der Waals surface area contributed by atoms with Crippen LogP contribution in [0.5, 0.6) is 0 Å². The highest BCUT2D eigenvalue weighted by atomic mass is 19.1. The van der Waals surface area contributed by atoms with Crippen molar-refractivity contribution in [3.05, 3.63) is 24.0 Å². The normalized spacial score (nSPS) is 19.9. The third-order valence-electron chi connectivity index (χ3n) is 2.78. The van der Waals surface area contributed by atoms with Crippen molar-refractivity contribution in [1.82, 2.24) is 14.9 Å². The van der Waals surface area contributed by atoms with Crippen LogP contribution in [0.25, 0.3) is 0 Å². The minimum atomic E-state index is -0.401. The zero-order valence-corrected chi connectivity index (χ0v) is 8.28. The average molecular weight is 195 g/mol. The third-order valence-corrected chi connectivity index (χ3v) is 2.78. The van der Waals surface area contributed by atoms with Gasteiger partial charge in [0.15, 0.2) is 0 Å². The summed E-state index contributed by atoms with van der Waals surface area (Å²) in [4.78, 5) is 9.96. The molecule has 0 unspecified atom stereocenters. The van der Waals surface area contributed by atoms with Gasteiger partial charge in [-0.2, -0.15) is 4.39 Å². The van der Waals surface area contributed by atoms with Crippen molar-refractivity contribution in [3.8, 4) is 0 Å². The zero-order chi connectivity index (χ0) is 9.97. The summed E-state index contributed by atoms with van der Waals surface area (Å²) in [6.07, 6.45) is 4.92. The molecule has 0 N–H and O–H groups in total. The van der Waals surface area contributed by atoms with Crippen LogP contribution in [-0.4, -0.2) is 35.0 Å². The maximum absolute atomic E-state index is 13.3. The summed E-state index contributed by atoms with van der Waals surface area (Å²) in [5.41, 5.74) is 0.542. The number of aromatic nitrogens is 2. The number of nitrogens with zero attached hydrogens (tertiary/aromatic N) is 3.